The third kappa shape index (κ3) is 6.79. The Labute approximate surface area is 244 Å². The molecular formula is C34H31N3O5. The third-order valence-electron chi connectivity index (χ3n) is 6.92. The Balaban J connectivity index is 1.18. The molecule has 0 aliphatic carbocycles. The van der Waals surface area contributed by atoms with Crippen LogP contribution in [0.1, 0.15) is 46.0 Å². The molecule has 0 bridgehead atoms. The summed E-state index contributed by atoms with van der Waals surface area (Å²) in [6.45, 7) is 3.74. The second-order valence-corrected chi connectivity index (χ2v) is 10.1. The van der Waals surface area contributed by atoms with Gasteiger partial charge in [0.1, 0.15) is 17.8 Å². The van der Waals surface area contributed by atoms with E-state index >= 15 is 0 Å². The minimum absolute atomic E-state index is 0.160. The maximum Gasteiger partial charge on any atom is 0.273 e. The molecule has 0 spiro atoms. The van der Waals surface area contributed by atoms with Gasteiger partial charge in [0.05, 0.1) is 12.6 Å². The number of carbonyl (C=O) groups excluding carboxylic acids is 1. The van der Waals surface area contributed by atoms with E-state index in [0.717, 1.165) is 39.7 Å². The molecule has 8 nitrogen and oxygen atoms in total. The highest BCUT2D eigenvalue weighted by atomic mass is 16.7. The van der Waals surface area contributed by atoms with Crippen molar-refractivity contribution in [1.29, 1.82) is 0 Å². The highest BCUT2D eigenvalue weighted by Gasteiger charge is 2.19. The van der Waals surface area contributed by atoms with Crippen LogP contribution in [0.15, 0.2) is 114 Å². The van der Waals surface area contributed by atoms with Crippen molar-refractivity contribution in [2.75, 3.05) is 6.79 Å². The fourth-order valence-electron chi connectivity index (χ4n) is 4.83. The molecule has 6 rings (SSSR count). The average molecular weight is 562 g/mol. The van der Waals surface area contributed by atoms with Crippen molar-refractivity contribution in [1.82, 2.24) is 15.2 Å². The number of carbonyl (C=O) groups is 1. The van der Waals surface area contributed by atoms with Crippen LogP contribution in [0.25, 0.3) is 0 Å². The standard InChI is InChI=1S/C34H31N3O5/c1-24(27-10-4-2-5-11-27)35-34(38)30-22-39-33(36-30)21-37(20-26-15-16-31-32(18-26)41-23-40-31)19-25-9-8-14-29(17-25)42-28-12-6-3-7-13-28/h2-18,22,24H,19-21,23H2,1H3,(H,35,38)/t24-/m0/s1. The highest BCUT2D eigenvalue weighted by Crippen LogP contribution is 2.33. The number of hydrogen-bond donors (Lipinski definition) is 1. The van der Waals surface area contributed by atoms with Crippen LogP contribution < -0.4 is 19.5 Å². The number of benzene rings is 4. The fourth-order valence-corrected chi connectivity index (χ4v) is 4.83. The van der Waals surface area contributed by atoms with Crippen molar-refractivity contribution in [3.05, 3.63) is 138 Å². The highest BCUT2D eigenvalue weighted by molar-refractivity contribution is 5.92. The number of amides is 1. The number of oxazole rings is 1. The summed E-state index contributed by atoms with van der Waals surface area (Å²) in [6.07, 6.45) is 1.41. The van der Waals surface area contributed by atoms with Crippen molar-refractivity contribution in [2.24, 2.45) is 0 Å². The molecule has 1 atom stereocenters. The molecule has 0 saturated carbocycles. The topological polar surface area (TPSA) is 86.1 Å². The van der Waals surface area contributed by atoms with Gasteiger partial charge in [0.15, 0.2) is 17.2 Å². The Morgan fingerprint density at radius 3 is 2.36 bits per heavy atom. The molecule has 0 unspecified atom stereocenters. The lowest BCUT2D eigenvalue weighted by molar-refractivity contribution is 0.0934. The fraction of sp³-hybridized carbons (Fsp3) is 0.176. The van der Waals surface area contributed by atoms with Crippen LogP contribution in [-0.2, 0) is 19.6 Å². The van der Waals surface area contributed by atoms with Crippen LogP contribution in [0, 0.1) is 0 Å². The molecule has 1 aliphatic rings. The van der Waals surface area contributed by atoms with Gasteiger partial charge in [0.2, 0.25) is 12.7 Å². The molecule has 42 heavy (non-hydrogen) atoms. The number of rotatable bonds is 11. The second kappa shape index (κ2) is 12.6. The van der Waals surface area contributed by atoms with Gasteiger partial charge in [0, 0.05) is 13.1 Å². The first-order chi connectivity index (χ1) is 20.6. The zero-order chi connectivity index (χ0) is 28.7. The van der Waals surface area contributed by atoms with Gasteiger partial charge in [0.25, 0.3) is 5.91 Å². The lowest BCUT2D eigenvalue weighted by atomic mass is 10.1. The van der Waals surface area contributed by atoms with E-state index in [1.807, 2.05) is 104 Å². The summed E-state index contributed by atoms with van der Waals surface area (Å²) < 4.78 is 22.9. The number of para-hydroxylation sites is 1. The van der Waals surface area contributed by atoms with E-state index in [1.165, 1.54) is 6.26 Å². The summed E-state index contributed by atoms with van der Waals surface area (Å²) in [5.41, 5.74) is 3.37. The molecule has 1 aromatic heterocycles. The van der Waals surface area contributed by atoms with Crippen LogP contribution in [0.5, 0.6) is 23.0 Å². The van der Waals surface area contributed by atoms with Gasteiger partial charge in [-0.15, -0.1) is 0 Å². The first-order valence-corrected chi connectivity index (χ1v) is 13.8. The van der Waals surface area contributed by atoms with Gasteiger partial charge in [-0.05, 0) is 60.0 Å². The Bertz CT molecular complexity index is 1640. The lowest BCUT2D eigenvalue weighted by Crippen LogP contribution is -2.27. The molecule has 0 saturated heterocycles. The number of ether oxygens (including phenoxy) is 3. The largest absolute Gasteiger partial charge is 0.457 e. The molecule has 0 radical (unpaired) electrons. The Hall–Kier alpha value is -5.08. The molecule has 5 aromatic rings. The summed E-state index contributed by atoms with van der Waals surface area (Å²) >= 11 is 0. The molecule has 212 valence electrons. The van der Waals surface area contributed by atoms with Crippen LogP contribution >= 0.6 is 0 Å². The molecule has 4 aromatic carbocycles. The maximum atomic E-state index is 12.9. The summed E-state index contributed by atoms with van der Waals surface area (Å²) in [6, 6.07) is 33.3. The number of nitrogens with one attached hydrogen (secondary N) is 1. The van der Waals surface area contributed by atoms with Crippen molar-refractivity contribution < 1.29 is 23.4 Å². The zero-order valence-electron chi connectivity index (χ0n) is 23.2. The van der Waals surface area contributed by atoms with Crippen molar-refractivity contribution in [3.63, 3.8) is 0 Å². The van der Waals surface area contributed by atoms with Gasteiger partial charge in [-0.1, -0.05) is 66.7 Å². The monoisotopic (exact) mass is 561 g/mol. The van der Waals surface area contributed by atoms with Gasteiger partial charge in [-0.3, -0.25) is 9.69 Å². The summed E-state index contributed by atoms with van der Waals surface area (Å²) in [4.78, 5) is 19.6. The lowest BCUT2D eigenvalue weighted by Gasteiger charge is -2.21. The molecular weight excluding hydrogens is 530 g/mol. The Kier molecular flexibility index (Phi) is 8.14. The molecule has 8 heteroatoms. The Morgan fingerprint density at radius 2 is 1.55 bits per heavy atom. The second-order valence-electron chi connectivity index (χ2n) is 10.1. The predicted molar refractivity (Wildman–Crippen MR) is 157 cm³/mol. The number of nitrogens with zero attached hydrogens (tertiary/aromatic N) is 2. The summed E-state index contributed by atoms with van der Waals surface area (Å²) in [7, 11) is 0. The molecule has 2 heterocycles. The van der Waals surface area contributed by atoms with Crippen molar-refractivity contribution >= 4 is 5.91 Å². The first kappa shape index (κ1) is 27.1. The van der Waals surface area contributed by atoms with Crippen molar-refractivity contribution in [3.8, 4) is 23.0 Å². The first-order valence-electron chi connectivity index (χ1n) is 13.8. The molecule has 1 aliphatic heterocycles. The van der Waals surface area contributed by atoms with Crippen LogP contribution in [0.3, 0.4) is 0 Å². The van der Waals surface area contributed by atoms with Gasteiger partial charge >= 0.3 is 0 Å². The smallest absolute Gasteiger partial charge is 0.273 e. The van der Waals surface area contributed by atoms with Crippen molar-refractivity contribution in [2.45, 2.75) is 32.6 Å². The minimum atomic E-state index is -0.283. The van der Waals surface area contributed by atoms with Crippen LogP contribution in [0.2, 0.25) is 0 Å². The van der Waals surface area contributed by atoms with E-state index in [-0.39, 0.29) is 24.4 Å². The quantitative estimate of drug-likeness (QED) is 0.188. The van der Waals surface area contributed by atoms with E-state index in [0.29, 0.717) is 25.5 Å². The Morgan fingerprint density at radius 1 is 0.833 bits per heavy atom. The normalized spacial score (nSPS) is 12.7. The van der Waals surface area contributed by atoms with Crippen LogP contribution in [-0.4, -0.2) is 22.6 Å². The molecule has 0 fully saturated rings. The van der Waals surface area contributed by atoms with Gasteiger partial charge < -0.3 is 23.9 Å². The molecule has 1 amide bonds. The minimum Gasteiger partial charge on any atom is -0.457 e. The summed E-state index contributed by atoms with van der Waals surface area (Å²) in [5, 5.41) is 2.99. The SMILES string of the molecule is C[C@H](NC(=O)c1coc(CN(Cc2cccc(Oc3ccccc3)c2)Cc2ccc3c(c2)OCO3)n1)c1ccccc1. The summed E-state index contributed by atoms with van der Waals surface area (Å²) in [5.74, 6) is 3.17. The van der Waals surface area contributed by atoms with Gasteiger partial charge in [-0.2, -0.15) is 0 Å². The van der Waals surface area contributed by atoms with E-state index in [9.17, 15) is 4.79 Å². The maximum absolute atomic E-state index is 12.9. The average Bonchev–Trinajstić information content (AvgIpc) is 3.68. The predicted octanol–water partition coefficient (Wildman–Crippen LogP) is 6.89. The van der Waals surface area contributed by atoms with E-state index in [1.54, 1.807) is 0 Å². The number of aromatic nitrogens is 1. The van der Waals surface area contributed by atoms with Gasteiger partial charge in [-0.25, -0.2) is 4.98 Å². The zero-order valence-corrected chi connectivity index (χ0v) is 23.2. The van der Waals surface area contributed by atoms with Crippen LogP contribution in [0.4, 0.5) is 0 Å². The number of hydrogen-bond acceptors (Lipinski definition) is 7. The van der Waals surface area contributed by atoms with E-state index < -0.39 is 0 Å². The molecule has 1 N–H and O–H groups in total. The third-order valence-corrected chi connectivity index (χ3v) is 6.92. The number of fused-ring (bicyclic) bond motifs is 1. The van der Waals surface area contributed by atoms with E-state index in [4.69, 9.17) is 18.6 Å². The van der Waals surface area contributed by atoms with E-state index in [2.05, 4.69) is 21.3 Å².